The molecule has 2 aromatic rings. The van der Waals surface area contributed by atoms with Gasteiger partial charge in [0.1, 0.15) is 7.02 Å². The second kappa shape index (κ2) is 5.82. The molecule has 0 unspecified atom stereocenters. The number of hydrogen-bond acceptors (Lipinski definition) is 0. The van der Waals surface area contributed by atoms with Crippen molar-refractivity contribution >= 4 is 28.8 Å². The third-order valence-electron chi connectivity index (χ3n) is 3.11. The first-order chi connectivity index (χ1) is 8.24. The van der Waals surface area contributed by atoms with Gasteiger partial charge >= 0.3 is 0 Å². The van der Waals surface area contributed by atoms with Crippen molar-refractivity contribution in [2.24, 2.45) is 0 Å². The molecule has 0 nitrogen and oxygen atoms in total. The van der Waals surface area contributed by atoms with Crippen molar-refractivity contribution < 1.29 is 0 Å². The minimum Gasteiger partial charge on any atom is -0.123 e. The normalized spacial score (nSPS) is 10.8. The lowest BCUT2D eigenvalue weighted by molar-refractivity contribution is 1.08. The molecule has 0 atom stereocenters. The second-order valence-corrected chi connectivity index (χ2v) is 6.92. The molecular formula is C15H15ISi. The van der Waals surface area contributed by atoms with Gasteiger partial charge in [0.05, 0.1) is 0 Å². The lowest BCUT2D eigenvalue weighted by Gasteiger charge is -2.18. The topological polar surface area (TPSA) is 0 Å². The van der Waals surface area contributed by atoms with Gasteiger partial charge in [0.25, 0.3) is 0 Å². The molecule has 0 aliphatic carbocycles. The summed E-state index contributed by atoms with van der Waals surface area (Å²) in [7, 11) is 0.867. The molecular weight excluding hydrogens is 335 g/mol. The van der Waals surface area contributed by atoms with Crippen LogP contribution in [0.1, 0.15) is 27.8 Å². The molecule has 2 radical (unpaired) electrons. The first-order valence-corrected chi connectivity index (χ1v) is 9.90. The Morgan fingerprint density at radius 2 is 1.24 bits per heavy atom. The van der Waals surface area contributed by atoms with Gasteiger partial charge in [-0.3, -0.25) is 0 Å². The van der Waals surface area contributed by atoms with E-state index in [0.29, 0.717) is 5.54 Å². The molecule has 0 spiro atoms. The van der Waals surface area contributed by atoms with Crippen LogP contribution in [-0.2, 0) is 0 Å². The predicted molar refractivity (Wildman–Crippen MR) is 84.0 cm³/mol. The minimum atomic E-state index is 0.540. The van der Waals surface area contributed by atoms with E-state index >= 15 is 0 Å². The van der Waals surface area contributed by atoms with Gasteiger partial charge in [0.2, 0.25) is 0 Å². The van der Waals surface area contributed by atoms with E-state index < -0.39 is 0 Å². The maximum Gasteiger partial charge on any atom is 0.144 e. The Bertz CT molecular complexity index is 462. The molecule has 0 N–H and O–H groups in total. The molecule has 0 saturated heterocycles. The number of rotatable bonds is 3. The van der Waals surface area contributed by atoms with Crippen molar-refractivity contribution in [3.8, 4) is 0 Å². The summed E-state index contributed by atoms with van der Waals surface area (Å²) in [5.74, 6) is 0. The fraction of sp³-hybridized carbons (Fsp3) is 0.200. The van der Waals surface area contributed by atoms with Crippen LogP contribution in [0.5, 0.6) is 0 Å². The number of benzene rings is 2. The highest BCUT2D eigenvalue weighted by Crippen LogP contribution is 2.29. The molecule has 0 aromatic heterocycles. The Morgan fingerprint density at radius 1 is 0.824 bits per heavy atom. The average Bonchev–Trinajstić information content (AvgIpc) is 2.34. The van der Waals surface area contributed by atoms with Crippen molar-refractivity contribution in [1.29, 1.82) is 0 Å². The number of halogens is 1. The van der Waals surface area contributed by atoms with Crippen LogP contribution in [0.2, 0.25) is 0 Å². The third kappa shape index (κ3) is 2.80. The quantitative estimate of drug-likeness (QED) is 0.436. The van der Waals surface area contributed by atoms with Gasteiger partial charge in [-0.25, -0.2) is 0 Å². The standard InChI is InChI=1S/C15H15ISi/c1-11-7-3-5-9-13(11)15(17-16)14-10-6-4-8-12(14)2/h3-10,15H,1-2H3. The number of aryl methyl sites for hydroxylation is 2. The molecule has 0 bridgehead atoms. The third-order valence-corrected chi connectivity index (χ3v) is 5.82. The van der Waals surface area contributed by atoms with Gasteiger partial charge in [-0.15, -0.1) is 21.8 Å². The average molecular weight is 350 g/mol. The van der Waals surface area contributed by atoms with E-state index in [4.69, 9.17) is 0 Å². The SMILES string of the molecule is Cc1ccccc1C([Si]I)c1ccccc1C. The summed E-state index contributed by atoms with van der Waals surface area (Å²) in [5.41, 5.74) is 6.26. The van der Waals surface area contributed by atoms with Crippen molar-refractivity contribution in [1.82, 2.24) is 0 Å². The highest BCUT2D eigenvalue weighted by Gasteiger charge is 2.16. The zero-order valence-corrected chi connectivity index (χ0v) is 13.2. The lowest BCUT2D eigenvalue weighted by Crippen LogP contribution is -2.08. The Morgan fingerprint density at radius 3 is 1.59 bits per heavy atom. The van der Waals surface area contributed by atoms with Crippen LogP contribution in [0.3, 0.4) is 0 Å². The second-order valence-electron chi connectivity index (χ2n) is 4.26. The van der Waals surface area contributed by atoms with E-state index in [9.17, 15) is 0 Å². The van der Waals surface area contributed by atoms with E-state index in [1.165, 1.54) is 22.3 Å². The van der Waals surface area contributed by atoms with Gasteiger partial charge < -0.3 is 0 Å². The zero-order valence-electron chi connectivity index (χ0n) is 10.1. The van der Waals surface area contributed by atoms with Gasteiger partial charge in [-0.1, -0.05) is 48.5 Å². The molecule has 0 amide bonds. The van der Waals surface area contributed by atoms with Crippen molar-refractivity contribution in [3.05, 3.63) is 70.8 Å². The zero-order chi connectivity index (χ0) is 12.3. The summed E-state index contributed by atoms with van der Waals surface area (Å²) in [6.45, 7) is 4.41. The summed E-state index contributed by atoms with van der Waals surface area (Å²) < 4.78 is 0. The molecule has 2 rings (SSSR count). The first kappa shape index (κ1) is 12.8. The van der Waals surface area contributed by atoms with Crippen LogP contribution in [-0.4, -0.2) is 7.02 Å². The molecule has 2 aromatic carbocycles. The van der Waals surface area contributed by atoms with Crippen molar-refractivity contribution in [2.45, 2.75) is 19.4 Å². The summed E-state index contributed by atoms with van der Waals surface area (Å²) in [6, 6.07) is 17.5. The van der Waals surface area contributed by atoms with E-state index in [1.807, 2.05) is 0 Å². The molecule has 0 aliphatic rings. The summed E-state index contributed by atoms with van der Waals surface area (Å²) in [4.78, 5) is 0. The van der Waals surface area contributed by atoms with Crippen LogP contribution in [0, 0.1) is 13.8 Å². The molecule has 0 aliphatic heterocycles. The van der Waals surface area contributed by atoms with Crippen LogP contribution in [0.15, 0.2) is 48.5 Å². The molecule has 86 valence electrons. The van der Waals surface area contributed by atoms with Crippen molar-refractivity contribution in [2.75, 3.05) is 0 Å². The van der Waals surface area contributed by atoms with Gasteiger partial charge in [-0.05, 0) is 36.1 Å². The maximum absolute atomic E-state index is 2.52. The van der Waals surface area contributed by atoms with E-state index in [1.54, 1.807) is 0 Å². The van der Waals surface area contributed by atoms with Gasteiger partial charge in [-0.2, -0.15) is 0 Å². The highest BCUT2D eigenvalue weighted by molar-refractivity contribution is 14.1. The van der Waals surface area contributed by atoms with Crippen LogP contribution in [0.4, 0.5) is 0 Å². The molecule has 2 heteroatoms. The minimum absolute atomic E-state index is 0.540. The fourth-order valence-electron chi connectivity index (χ4n) is 2.11. The van der Waals surface area contributed by atoms with Gasteiger partial charge in [0.15, 0.2) is 0 Å². The summed E-state index contributed by atoms with van der Waals surface area (Å²) in [5, 5.41) is 0. The Labute approximate surface area is 118 Å². The van der Waals surface area contributed by atoms with E-state index in [0.717, 1.165) is 7.02 Å². The number of hydrogen-bond donors (Lipinski definition) is 0. The largest absolute Gasteiger partial charge is 0.144 e. The maximum atomic E-state index is 2.52. The summed E-state index contributed by atoms with van der Waals surface area (Å²) >= 11 is 2.52. The fourth-order valence-corrected chi connectivity index (χ4v) is 5.00. The molecule has 0 heterocycles. The Balaban J connectivity index is 2.48. The lowest BCUT2D eigenvalue weighted by atomic mass is 9.97. The van der Waals surface area contributed by atoms with Crippen LogP contribution < -0.4 is 0 Å². The molecule has 0 fully saturated rings. The van der Waals surface area contributed by atoms with Crippen LogP contribution >= 0.6 is 21.8 Å². The summed E-state index contributed by atoms with van der Waals surface area (Å²) in [6.07, 6.45) is 0. The molecule has 17 heavy (non-hydrogen) atoms. The smallest absolute Gasteiger partial charge is 0.123 e. The van der Waals surface area contributed by atoms with E-state index in [-0.39, 0.29) is 0 Å². The first-order valence-electron chi connectivity index (χ1n) is 5.71. The van der Waals surface area contributed by atoms with Gasteiger partial charge in [0, 0.05) is 5.54 Å². The predicted octanol–water partition coefficient (Wildman–Crippen LogP) is 4.45. The van der Waals surface area contributed by atoms with Crippen LogP contribution in [0.25, 0.3) is 0 Å². The monoisotopic (exact) mass is 350 g/mol. The Hall–Kier alpha value is -0.613. The molecule has 0 saturated carbocycles. The van der Waals surface area contributed by atoms with Crippen molar-refractivity contribution in [3.63, 3.8) is 0 Å². The highest BCUT2D eigenvalue weighted by atomic mass is 127. The van der Waals surface area contributed by atoms with E-state index in [2.05, 4.69) is 84.2 Å². The Kier molecular flexibility index (Phi) is 4.40.